The lowest BCUT2D eigenvalue weighted by Crippen LogP contribution is -2.56. The Morgan fingerprint density at radius 3 is 2.29 bits per heavy atom. The van der Waals surface area contributed by atoms with Crippen molar-refractivity contribution in [1.29, 1.82) is 0 Å². The highest BCUT2D eigenvalue weighted by molar-refractivity contribution is 7.66. The van der Waals surface area contributed by atoms with E-state index < -0.39 is 78.4 Å². The fraction of sp³-hybridized carbons (Fsp3) is 0.745. The van der Waals surface area contributed by atoms with Crippen molar-refractivity contribution in [2.24, 2.45) is 35.5 Å². The van der Waals surface area contributed by atoms with E-state index >= 15 is 0 Å². The Morgan fingerprint density at radius 2 is 1.62 bits per heavy atom. The van der Waals surface area contributed by atoms with Crippen molar-refractivity contribution in [2.75, 3.05) is 27.9 Å². The van der Waals surface area contributed by atoms with Gasteiger partial charge in [0.05, 0.1) is 48.6 Å². The van der Waals surface area contributed by atoms with Gasteiger partial charge in [-0.2, -0.15) is 0 Å². The molecule has 3 aliphatic heterocycles. The summed E-state index contributed by atoms with van der Waals surface area (Å²) in [4.78, 5) is 58.5. The van der Waals surface area contributed by atoms with Crippen LogP contribution < -0.4 is 0 Å². The molecule has 4 rings (SSSR count). The molecule has 1 aliphatic carbocycles. The number of hydrogen-bond donors (Lipinski definition) is 3. The van der Waals surface area contributed by atoms with Crippen LogP contribution in [0.4, 0.5) is 0 Å². The molecule has 4 aliphatic rings. The van der Waals surface area contributed by atoms with E-state index in [4.69, 9.17) is 23.7 Å². The number of ketones is 2. The summed E-state index contributed by atoms with van der Waals surface area (Å²) in [5, 5.41) is 34.0. The minimum atomic E-state index is -1.85. The van der Waals surface area contributed by atoms with E-state index in [-0.39, 0.29) is 67.3 Å². The van der Waals surface area contributed by atoms with Gasteiger partial charge in [0, 0.05) is 56.8 Å². The Morgan fingerprint density at radius 1 is 0.894 bits per heavy atom. The number of esters is 1. The van der Waals surface area contributed by atoms with Gasteiger partial charge in [-0.1, -0.05) is 71.1 Å². The van der Waals surface area contributed by atoms with Crippen LogP contribution in [0.3, 0.4) is 0 Å². The number of carbonyl (C=O) groups is 4. The smallest absolute Gasteiger partial charge is 0.329 e. The fourth-order valence-electron chi connectivity index (χ4n) is 10.1. The molecule has 2 bridgehead atoms. The highest BCUT2D eigenvalue weighted by Crippen LogP contribution is 2.39. The SMILES string of the molecule is COC1C[C@@H]2CC[C@@H](C)[C@](O)(CC(=O)N3CC(=S=O)CC[C@H]3C(=O)O[C@H]([C@H](C)C[C@@H]3CC[C@@H](O)[C@H](OC)C3)CC(=O)[C@H](C)/C=C(\C)[C@@H](O)C(OC)C(=O)[C@H](C)C[C@H](C)/C=C/C=C/C=C/1C)O2. The van der Waals surface area contributed by atoms with Gasteiger partial charge < -0.3 is 43.9 Å². The van der Waals surface area contributed by atoms with E-state index in [2.05, 4.69) is 0 Å². The van der Waals surface area contributed by atoms with E-state index in [1.54, 1.807) is 34.1 Å². The fourth-order valence-corrected chi connectivity index (χ4v) is 10.5. The van der Waals surface area contributed by atoms with Crippen molar-refractivity contribution in [1.82, 2.24) is 4.90 Å². The summed E-state index contributed by atoms with van der Waals surface area (Å²) >= 11 is 0.291. The third-order valence-electron chi connectivity index (χ3n) is 14.6. The average Bonchev–Trinajstić information content (AvgIpc) is 3.28. The third-order valence-corrected chi connectivity index (χ3v) is 15.2. The Kier molecular flexibility index (Phi) is 21.8. The molecule has 0 radical (unpaired) electrons. The molecule has 1 saturated carbocycles. The summed E-state index contributed by atoms with van der Waals surface area (Å²) in [5.41, 5.74) is 1.32. The summed E-state index contributed by atoms with van der Waals surface area (Å²) in [6.07, 6.45) is 10.6. The van der Waals surface area contributed by atoms with Gasteiger partial charge in [-0.15, -0.1) is 0 Å². The molecule has 15 atom stereocenters. The van der Waals surface area contributed by atoms with Crippen LogP contribution in [-0.4, -0.2) is 135 Å². The van der Waals surface area contributed by atoms with E-state index in [0.29, 0.717) is 66.6 Å². The molecule has 66 heavy (non-hydrogen) atoms. The van der Waals surface area contributed by atoms with Gasteiger partial charge >= 0.3 is 5.97 Å². The Labute approximate surface area is 396 Å². The minimum Gasteiger partial charge on any atom is -0.460 e. The largest absolute Gasteiger partial charge is 0.460 e. The number of cyclic esters (lactones) is 1. The summed E-state index contributed by atoms with van der Waals surface area (Å²) < 4.78 is 41.8. The van der Waals surface area contributed by atoms with E-state index in [1.165, 1.54) is 12.0 Å². The summed E-state index contributed by atoms with van der Waals surface area (Å²) in [7, 11) is 4.56. The molecule has 3 heterocycles. The van der Waals surface area contributed by atoms with Crippen LogP contribution in [0, 0.1) is 35.5 Å². The van der Waals surface area contributed by atoms with Gasteiger partial charge in [-0.25, -0.2) is 9.00 Å². The quantitative estimate of drug-likeness (QED) is 0.160. The van der Waals surface area contributed by atoms with Crippen LogP contribution in [0.2, 0.25) is 0 Å². The van der Waals surface area contributed by atoms with E-state index in [1.807, 2.05) is 65.0 Å². The van der Waals surface area contributed by atoms with Crippen molar-refractivity contribution in [3.8, 4) is 0 Å². The first-order valence-corrected chi connectivity index (χ1v) is 24.7. The molecule has 0 aromatic carbocycles. The van der Waals surface area contributed by atoms with Crippen molar-refractivity contribution in [2.45, 2.75) is 180 Å². The number of allylic oxidation sites excluding steroid dienone is 6. The number of carbonyl (C=O) groups excluding carboxylic acids is 4. The number of fused-ring (bicyclic) bond motifs is 3. The Hall–Kier alpha value is -3.15. The number of aliphatic hydroxyl groups excluding tert-OH is 2. The number of piperidine rings is 1. The van der Waals surface area contributed by atoms with Gasteiger partial charge in [0.1, 0.15) is 30.1 Å². The summed E-state index contributed by atoms with van der Waals surface area (Å²) in [6, 6.07) is -1.09. The van der Waals surface area contributed by atoms with Crippen LogP contribution in [0.5, 0.6) is 0 Å². The predicted octanol–water partition coefficient (Wildman–Crippen LogP) is 6.00. The van der Waals surface area contributed by atoms with Crippen LogP contribution in [-0.2, 0) is 54.1 Å². The maximum atomic E-state index is 14.5. The first-order valence-electron chi connectivity index (χ1n) is 24.0. The lowest BCUT2D eigenvalue weighted by Gasteiger charge is -2.44. The van der Waals surface area contributed by atoms with Gasteiger partial charge in [0.15, 0.2) is 11.6 Å². The molecular weight excluding hydrogens is 867 g/mol. The molecule has 0 spiro atoms. The maximum Gasteiger partial charge on any atom is 0.329 e. The van der Waals surface area contributed by atoms with Crippen molar-refractivity contribution in [3.63, 3.8) is 0 Å². The van der Waals surface area contributed by atoms with Crippen LogP contribution in [0.15, 0.2) is 47.6 Å². The zero-order valence-corrected chi connectivity index (χ0v) is 41.8. The molecule has 0 aromatic rings. The number of hydrogen-bond acceptors (Lipinski definition) is 13. The van der Waals surface area contributed by atoms with Crippen molar-refractivity contribution in [3.05, 3.63) is 47.6 Å². The highest BCUT2D eigenvalue weighted by Gasteiger charge is 2.47. The number of ether oxygens (including phenoxy) is 5. The van der Waals surface area contributed by atoms with Gasteiger partial charge in [0.2, 0.25) is 5.91 Å². The summed E-state index contributed by atoms with van der Waals surface area (Å²) in [6.45, 7) is 12.8. The maximum absolute atomic E-state index is 14.5. The number of aliphatic hydroxyl groups is 3. The zero-order chi connectivity index (χ0) is 48.9. The lowest BCUT2D eigenvalue weighted by atomic mass is 9.78. The van der Waals surface area contributed by atoms with Gasteiger partial charge in [-0.3, -0.25) is 14.4 Å². The van der Waals surface area contributed by atoms with E-state index in [0.717, 1.165) is 12.0 Å². The summed E-state index contributed by atoms with van der Waals surface area (Å²) in [5.74, 6) is -5.41. The molecule has 3 fully saturated rings. The molecule has 0 aromatic heterocycles. The van der Waals surface area contributed by atoms with Gasteiger partial charge in [-0.05, 0) is 101 Å². The third kappa shape index (κ3) is 15.2. The normalized spacial score (nSPS) is 39.9. The topological polar surface area (TPSA) is 195 Å². The van der Waals surface area contributed by atoms with Crippen LogP contribution >= 0.6 is 0 Å². The number of Topliss-reactive ketones (excluding diaryl/α,β-unsaturated/α-hetero) is 2. The molecule has 14 nitrogen and oxygen atoms in total. The van der Waals surface area contributed by atoms with E-state index in [9.17, 15) is 38.7 Å². The number of methoxy groups -OCH3 is 3. The van der Waals surface area contributed by atoms with Crippen molar-refractivity contribution < 1.29 is 62.4 Å². The lowest BCUT2D eigenvalue weighted by molar-refractivity contribution is -0.284. The van der Waals surface area contributed by atoms with Gasteiger partial charge in [0.25, 0.3) is 0 Å². The van der Waals surface area contributed by atoms with Crippen LogP contribution in [0.25, 0.3) is 0 Å². The Bertz CT molecular complexity index is 1840. The predicted molar refractivity (Wildman–Crippen MR) is 253 cm³/mol. The molecule has 3 N–H and O–H groups in total. The second-order valence-electron chi connectivity index (χ2n) is 19.8. The second-order valence-corrected chi connectivity index (χ2v) is 20.5. The zero-order valence-electron chi connectivity index (χ0n) is 41.0. The minimum absolute atomic E-state index is 0.0314. The van der Waals surface area contributed by atoms with Crippen LogP contribution in [0.1, 0.15) is 126 Å². The number of rotatable bonds is 6. The standard InChI is InChI=1S/C51H79NO13S/c1-30-14-12-11-13-15-31(2)43(61-8)26-38-18-16-36(7)51(59,65-38)28-46(55)52-29-39(66-60)19-20-40(52)50(58)64-44(33(4)24-37-17-21-41(53)45(25-37)62-9)27-42(54)32(3)23-35(6)48(57)49(63-10)47(56)34(5)22-30/h11-15,23,30,32-34,36-38,40-41,43-45,48-49,53,57,59H,16-22,24-29H2,1-10H3/b13-11+,14-12+,31-15+,35-23+/t30-,32-,33-,34-,36-,37+,38+,40+,41-,43?,44+,45-,48-,49?,51+/m1/s1. The monoisotopic (exact) mass is 946 g/mol. The number of nitrogens with zero attached hydrogens (tertiary/aromatic N) is 1. The molecular formula is C51H79NO13S. The molecule has 1 amide bonds. The molecule has 2 saturated heterocycles. The first-order chi connectivity index (χ1) is 31.2. The highest BCUT2D eigenvalue weighted by atomic mass is 32.1. The Balaban J connectivity index is 1.71. The molecule has 2 unspecified atom stereocenters. The first kappa shape index (κ1) is 55.4. The molecule has 372 valence electrons. The van der Waals surface area contributed by atoms with Crippen molar-refractivity contribution >= 4 is 39.6 Å². The molecule has 15 heteroatoms. The second kappa shape index (κ2) is 26.0. The number of amides is 1. The average molecular weight is 946 g/mol.